The summed E-state index contributed by atoms with van der Waals surface area (Å²) in [6, 6.07) is 15.2. The number of hydrogen-bond donors (Lipinski definition) is 1. The summed E-state index contributed by atoms with van der Waals surface area (Å²) < 4.78 is 23.9. The number of carbonyl (C=O) groups excluding carboxylic acids is 1. The topological polar surface area (TPSA) is 66.5 Å². The summed E-state index contributed by atoms with van der Waals surface area (Å²) in [5.74, 6) is -0.213. The molecule has 0 spiro atoms. The molecule has 4 rings (SSSR count). The number of carbonyl (C=O) groups is 1. The lowest BCUT2D eigenvalue weighted by Crippen LogP contribution is -2.37. The average Bonchev–Trinajstić information content (AvgIpc) is 3.20. The largest absolute Gasteiger partial charge is 0.348 e. The van der Waals surface area contributed by atoms with Crippen LogP contribution in [-0.2, 0) is 16.4 Å². The van der Waals surface area contributed by atoms with E-state index in [-0.39, 0.29) is 16.8 Å². The molecule has 26 heavy (non-hydrogen) atoms. The predicted octanol–water partition coefficient (Wildman–Crippen LogP) is 2.45. The molecule has 1 atom stereocenters. The van der Waals surface area contributed by atoms with Crippen LogP contribution < -0.4 is 5.32 Å². The number of hydrogen-bond acceptors (Lipinski definition) is 4. The third-order valence-corrected chi connectivity index (χ3v) is 6.35. The summed E-state index contributed by atoms with van der Waals surface area (Å²) in [5.41, 5.74) is 2.17. The van der Waals surface area contributed by atoms with Crippen molar-refractivity contribution in [3.8, 4) is 0 Å². The zero-order chi connectivity index (χ0) is 18.1. The first-order chi connectivity index (χ1) is 12.5. The molecular formula is C20H20N2O3S. The highest BCUT2D eigenvalue weighted by Crippen LogP contribution is 2.29. The van der Waals surface area contributed by atoms with Gasteiger partial charge < -0.3 is 5.32 Å². The number of nitrogens with one attached hydrogen (secondary N) is 1. The minimum Gasteiger partial charge on any atom is -0.348 e. The Bertz CT molecular complexity index is 968. The lowest BCUT2D eigenvalue weighted by atomic mass is 10.1. The number of fused-ring (bicyclic) bond motifs is 1. The Labute approximate surface area is 153 Å². The van der Waals surface area contributed by atoms with Gasteiger partial charge in [0.05, 0.1) is 4.90 Å². The maximum absolute atomic E-state index is 12.7. The van der Waals surface area contributed by atoms with E-state index in [4.69, 9.17) is 0 Å². The fourth-order valence-corrected chi connectivity index (χ4v) is 4.81. The van der Waals surface area contributed by atoms with Crippen molar-refractivity contribution in [1.82, 2.24) is 10.2 Å². The van der Waals surface area contributed by atoms with Crippen LogP contribution in [0.25, 0.3) is 6.08 Å². The van der Waals surface area contributed by atoms with Crippen molar-refractivity contribution < 1.29 is 13.2 Å². The van der Waals surface area contributed by atoms with Gasteiger partial charge in [0, 0.05) is 42.2 Å². The van der Waals surface area contributed by atoms with Gasteiger partial charge in [-0.3, -0.25) is 9.69 Å². The third kappa shape index (κ3) is 3.30. The highest BCUT2D eigenvalue weighted by molar-refractivity contribution is 7.94. The molecule has 1 saturated heterocycles. The lowest BCUT2D eigenvalue weighted by Gasteiger charge is -2.17. The molecule has 134 valence electrons. The van der Waals surface area contributed by atoms with E-state index < -0.39 is 9.84 Å². The summed E-state index contributed by atoms with van der Waals surface area (Å²) in [6.45, 7) is 2.60. The van der Waals surface area contributed by atoms with Gasteiger partial charge in [0.1, 0.15) is 0 Å². The first-order valence-electron chi connectivity index (χ1n) is 8.66. The molecule has 0 aliphatic carbocycles. The van der Waals surface area contributed by atoms with E-state index in [9.17, 15) is 13.2 Å². The molecule has 2 aromatic rings. The fraction of sp³-hybridized carbons (Fsp3) is 0.250. The van der Waals surface area contributed by atoms with E-state index in [1.54, 1.807) is 18.2 Å². The van der Waals surface area contributed by atoms with Crippen LogP contribution in [-0.4, -0.2) is 38.4 Å². The van der Waals surface area contributed by atoms with Crippen LogP contribution in [0, 0.1) is 0 Å². The minimum atomic E-state index is -3.40. The fourth-order valence-electron chi connectivity index (χ4n) is 3.59. The lowest BCUT2D eigenvalue weighted by molar-refractivity contribution is 0.0937. The summed E-state index contributed by atoms with van der Waals surface area (Å²) in [5, 5.41) is 4.22. The first kappa shape index (κ1) is 17.0. The van der Waals surface area contributed by atoms with Gasteiger partial charge in [0.15, 0.2) is 9.84 Å². The molecule has 0 aromatic heterocycles. The van der Waals surface area contributed by atoms with Gasteiger partial charge >= 0.3 is 0 Å². The second-order valence-electron chi connectivity index (χ2n) is 6.74. The normalized spacial score (nSPS) is 20.8. The summed E-state index contributed by atoms with van der Waals surface area (Å²) >= 11 is 0. The predicted molar refractivity (Wildman–Crippen MR) is 100 cm³/mol. The van der Waals surface area contributed by atoms with Crippen LogP contribution in [0.3, 0.4) is 0 Å². The molecule has 2 heterocycles. The van der Waals surface area contributed by atoms with Crippen molar-refractivity contribution in [2.75, 3.05) is 13.1 Å². The monoisotopic (exact) mass is 368 g/mol. The summed E-state index contributed by atoms with van der Waals surface area (Å²) in [4.78, 5) is 15.2. The molecule has 6 heteroatoms. The molecular weight excluding hydrogens is 348 g/mol. The SMILES string of the molecule is O=C(NC1CCN(Cc2ccccc2)C1)c1cccc2c1C=CS2(=O)=O. The number of likely N-dealkylation sites (tertiary alicyclic amines) is 1. The van der Waals surface area contributed by atoms with E-state index >= 15 is 0 Å². The Kier molecular flexibility index (Phi) is 4.38. The van der Waals surface area contributed by atoms with Gasteiger partial charge in [-0.15, -0.1) is 0 Å². The van der Waals surface area contributed by atoms with Gasteiger partial charge in [-0.05, 0) is 30.2 Å². The van der Waals surface area contributed by atoms with Crippen LogP contribution in [0.2, 0.25) is 0 Å². The van der Waals surface area contributed by atoms with E-state index in [1.807, 2.05) is 18.2 Å². The Morgan fingerprint density at radius 1 is 1.12 bits per heavy atom. The molecule has 1 amide bonds. The highest BCUT2D eigenvalue weighted by Gasteiger charge is 2.28. The molecule has 0 bridgehead atoms. The van der Waals surface area contributed by atoms with Crippen LogP contribution in [0.5, 0.6) is 0 Å². The number of rotatable bonds is 4. The van der Waals surface area contributed by atoms with Gasteiger partial charge in [0.2, 0.25) is 0 Å². The van der Waals surface area contributed by atoms with Crippen molar-refractivity contribution in [3.05, 3.63) is 70.6 Å². The van der Waals surface area contributed by atoms with Crippen LogP contribution in [0.15, 0.2) is 58.8 Å². The van der Waals surface area contributed by atoms with Crippen molar-refractivity contribution in [2.24, 2.45) is 0 Å². The standard InChI is InChI=1S/C20H20N2O3S/c23-20(18-7-4-8-19-17(18)10-12-26(19,24)25)21-16-9-11-22(14-16)13-15-5-2-1-3-6-15/h1-8,10,12,16H,9,11,13-14H2,(H,21,23). The summed E-state index contributed by atoms with van der Waals surface area (Å²) in [6.07, 6.45) is 2.40. The first-order valence-corrected chi connectivity index (χ1v) is 10.2. The molecule has 0 radical (unpaired) electrons. The molecule has 1 fully saturated rings. The Balaban J connectivity index is 1.42. The Hall–Kier alpha value is -2.44. The van der Waals surface area contributed by atoms with Crippen LogP contribution >= 0.6 is 0 Å². The van der Waals surface area contributed by atoms with Crippen molar-refractivity contribution in [2.45, 2.75) is 23.9 Å². The number of amides is 1. The minimum absolute atomic E-state index is 0.0732. The average molecular weight is 368 g/mol. The summed E-state index contributed by atoms with van der Waals surface area (Å²) in [7, 11) is -3.40. The van der Waals surface area contributed by atoms with Gasteiger partial charge in [0.25, 0.3) is 5.91 Å². The molecule has 5 nitrogen and oxygen atoms in total. The number of nitrogens with zero attached hydrogens (tertiary/aromatic N) is 1. The van der Waals surface area contributed by atoms with E-state index in [0.717, 1.165) is 31.5 Å². The molecule has 1 unspecified atom stereocenters. The molecule has 2 aliphatic rings. The number of sulfone groups is 1. The van der Waals surface area contributed by atoms with Crippen molar-refractivity contribution in [3.63, 3.8) is 0 Å². The van der Waals surface area contributed by atoms with Gasteiger partial charge in [-0.2, -0.15) is 0 Å². The van der Waals surface area contributed by atoms with E-state index in [0.29, 0.717) is 11.1 Å². The van der Waals surface area contributed by atoms with Crippen LogP contribution in [0.4, 0.5) is 0 Å². The molecule has 2 aliphatic heterocycles. The van der Waals surface area contributed by atoms with E-state index in [2.05, 4.69) is 22.3 Å². The maximum Gasteiger partial charge on any atom is 0.252 e. The second kappa shape index (κ2) is 6.70. The quantitative estimate of drug-likeness (QED) is 0.900. The van der Waals surface area contributed by atoms with Crippen molar-refractivity contribution in [1.29, 1.82) is 0 Å². The Morgan fingerprint density at radius 2 is 1.92 bits per heavy atom. The smallest absolute Gasteiger partial charge is 0.252 e. The van der Waals surface area contributed by atoms with Gasteiger partial charge in [-0.25, -0.2) is 8.42 Å². The Morgan fingerprint density at radius 3 is 2.73 bits per heavy atom. The number of benzene rings is 2. The zero-order valence-electron chi connectivity index (χ0n) is 14.3. The van der Waals surface area contributed by atoms with E-state index in [1.165, 1.54) is 11.6 Å². The molecule has 0 saturated carbocycles. The molecule has 1 N–H and O–H groups in total. The molecule has 2 aromatic carbocycles. The zero-order valence-corrected chi connectivity index (χ0v) is 15.1. The third-order valence-electron chi connectivity index (χ3n) is 4.89. The van der Waals surface area contributed by atoms with Crippen LogP contribution in [0.1, 0.15) is 27.9 Å². The second-order valence-corrected chi connectivity index (χ2v) is 8.55. The van der Waals surface area contributed by atoms with Gasteiger partial charge in [-0.1, -0.05) is 36.4 Å². The maximum atomic E-state index is 12.7. The van der Waals surface area contributed by atoms with Crippen molar-refractivity contribution >= 4 is 21.8 Å². The highest BCUT2D eigenvalue weighted by atomic mass is 32.2.